The Morgan fingerprint density at radius 2 is 2.20 bits per heavy atom. The van der Waals surface area contributed by atoms with Gasteiger partial charge in [-0.05, 0) is 43.1 Å². The minimum Gasteiger partial charge on any atom is -0.390 e. The van der Waals surface area contributed by atoms with E-state index in [4.69, 9.17) is 0 Å². The van der Waals surface area contributed by atoms with E-state index in [1.54, 1.807) is 0 Å². The Morgan fingerprint density at radius 3 is 2.70 bits per heavy atom. The predicted molar refractivity (Wildman–Crippen MR) is 44.2 cm³/mol. The van der Waals surface area contributed by atoms with Gasteiger partial charge in [0.15, 0.2) is 0 Å². The summed E-state index contributed by atoms with van der Waals surface area (Å²) in [4.78, 5) is 0. The predicted octanol–water partition coefficient (Wildman–Crippen LogP) is 1.65. The Labute approximate surface area is 66.2 Å². The van der Waals surface area contributed by atoms with Crippen molar-refractivity contribution >= 4 is 11.8 Å². The summed E-state index contributed by atoms with van der Waals surface area (Å²) in [5.41, 5.74) is -0.201. The van der Waals surface area contributed by atoms with Crippen molar-refractivity contribution in [3.05, 3.63) is 0 Å². The fourth-order valence-corrected chi connectivity index (χ4v) is 3.00. The highest BCUT2D eigenvalue weighted by Gasteiger charge is 2.47. The molecule has 1 unspecified atom stereocenters. The summed E-state index contributed by atoms with van der Waals surface area (Å²) in [6.07, 6.45) is 4.72. The summed E-state index contributed by atoms with van der Waals surface area (Å²) >= 11 is 2.01. The van der Waals surface area contributed by atoms with E-state index in [-0.39, 0.29) is 5.60 Å². The zero-order chi connectivity index (χ0) is 7.03. The van der Waals surface area contributed by atoms with E-state index >= 15 is 0 Å². The number of rotatable bonds is 1. The van der Waals surface area contributed by atoms with Crippen LogP contribution in [0.3, 0.4) is 0 Å². The molecule has 1 saturated heterocycles. The smallest absolute Gasteiger partial charge is 0.0685 e. The minimum absolute atomic E-state index is 0.201. The van der Waals surface area contributed by atoms with E-state index in [2.05, 4.69) is 0 Å². The van der Waals surface area contributed by atoms with Crippen molar-refractivity contribution in [3.8, 4) is 0 Å². The molecule has 0 radical (unpaired) electrons. The molecular weight excluding hydrogens is 144 g/mol. The third kappa shape index (κ3) is 1.19. The molecule has 1 aliphatic heterocycles. The number of hydrogen-bond acceptors (Lipinski definition) is 2. The maximum absolute atomic E-state index is 9.74. The highest BCUT2D eigenvalue weighted by molar-refractivity contribution is 7.99. The second-order valence-corrected chi connectivity index (χ2v) is 4.67. The Bertz CT molecular complexity index is 125. The lowest BCUT2D eigenvalue weighted by molar-refractivity contribution is 0.0870. The molecule has 1 heterocycles. The van der Waals surface area contributed by atoms with Crippen LogP contribution in [0.15, 0.2) is 0 Å². The van der Waals surface area contributed by atoms with Crippen LogP contribution in [-0.4, -0.2) is 22.2 Å². The van der Waals surface area contributed by atoms with Gasteiger partial charge in [-0.1, -0.05) is 0 Å². The van der Waals surface area contributed by atoms with E-state index in [9.17, 15) is 5.11 Å². The number of aliphatic hydroxyl groups is 1. The summed E-state index contributed by atoms with van der Waals surface area (Å²) in [6, 6.07) is 0. The van der Waals surface area contributed by atoms with Crippen LogP contribution in [0.2, 0.25) is 0 Å². The average Bonchev–Trinajstić information content (AvgIpc) is 2.72. The van der Waals surface area contributed by atoms with Crippen LogP contribution in [0.5, 0.6) is 0 Å². The molecule has 0 aromatic heterocycles. The normalized spacial score (nSPS) is 37.5. The third-order valence-electron chi connectivity index (χ3n) is 2.68. The zero-order valence-electron chi connectivity index (χ0n) is 6.18. The van der Waals surface area contributed by atoms with Crippen LogP contribution < -0.4 is 0 Å². The van der Waals surface area contributed by atoms with Gasteiger partial charge in [-0.15, -0.1) is 0 Å². The number of hydrogen-bond donors (Lipinski definition) is 1. The van der Waals surface area contributed by atoms with E-state index in [1.165, 1.54) is 24.3 Å². The zero-order valence-corrected chi connectivity index (χ0v) is 6.99. The van der Waals surface area contributed by atoms with Gasteiger partial charge in [-0.3, -0.25) is 0 Å². The van der Waals surface area contributed by atoms with Crippen LogP contribution in [0.1, 0.15) is 25.7 Å². The van der Waals surface area contributed by atoms with Crippen molar-refractivity contribution in [2.45, 2.75) is 31.3 Å². The molecule has 0 spiro atoms. The molecule has 1 saturated carbocycles. The van der Waals surface area contributed by atoms with Gasteiger partial charge in [0.25, 0.3) is 0 Å². The molecule has 2 fully saturated rings. The van der Waals surface area contributed by atoms with Gasteiger partial charge in [0, 0.05) is 0 Å². The average molecular weight is 158 g/mol. The summed E-state index contributed by atoms with van der Waals surface area (Å²) in [5.74, 6) is 3.15. The lowest BCUT2D eigenvalue weighted by atomic mass is 9.97. The molecule has 0 aromatic rings. The van der Waals surface area contributed by atoms with Crippen LogP contribution in [-0.2, 0) is 0 Å². The Balaban J connectivity index is 1.91. The first-order valence-corrected chi connectivity index (χ1v) is 5.27. The number of thioether (sulfide) groups is 1. The second-order valence-electron chi connectivity index (χ2n) is 3.52. The van der Waals surface area contributed by atoms with E-state index in [0.717, 1.165) is 12.8 Å². The van der Waals surface area contributed by atoms with Crippen LogP contribution in [0, 0.1) is 5.92 Å². The summed E-state index contributed by atoms with van der Waals surface area (Å²) in [5, 5.41) is 9.74. The van der Waals surface area contributed by atoms with Gasteiger partial charge in [0.05, 0.1) is 5.60 Å². The Kier molecular flexibility index (Phi) is 1.69. The molecule has 0 aromatic carbocycles. The first-order valence-electron chi connectivity index (χ1n) is 4.11. The fourth-order valence-electron chi connectivity index (χ4n) is 1.70. The molecule has 0 amide bonds. The molecule has 0 bridgehead atoms. The van der Waals surface area contributed by atoms with Crippen molar-refractivity contribution in [1.82, 2.24) is 0 Å². The first kappa shape index (κ1) is 6.99. The molecule has 1 aliphatic carbocycles. The van der Waals surface area contributed by atoms with Gasteiger partial charge in [0.2, 0.25) is 0 Å². The van der Waals surface area contributed by atoms with Crippen molar-refractivity contribution in [3.63, 3.8) is 0 Å². The molecule has 10 heavy (non-hydrogen) atoms. The van der Waals surface area contributed by atoms with Gasteiger partial charge < -0.3 is 5.11 Å². The van der Waals surface area contributed by atoms with Crippen LogP contribution in [0.25, 0.3) is 0 Å². The van der Waals surface area contributed by atoms with Crippen molar-refractivity contribution in [2.75, 3.05) is 11.5 Å². The van der Waals surface area contributed by atoms with E-state index < -0.39 is 0 Å². The lowest BCUT2D eigenvalue weighted by Crippen LogP contribution is -2.26. The van der Waals surface area contributed by atoms with Crippen LogP contribution in [0.4, 0.5) is 0 Å². The molecule has 2 aliphatic rings. The standard InChI is InChI=1S/C8H14OS/c9-8(3-4-8)7-2-1-5-10-6-7/h7,9H,1-6H2. The highest BCUT2D eigenvalue weighted by atomic mass is 32.2. The van der Waals surface area contributed by atoms with Crippen molar-refractivity contribution in [1.29, 1.82) is 0 Å². The van der Waals surface area contributed by atoms with E-state index in [0.29, 0.717) is 5.92 Å². The summed E-state index contributed by atoms with van der Waals surface area (Å²) < 4.78 is 0. The van der Waals surface area contributed by atoms with Gasteiger partial charge >= 0.3 is 0 Å². The Morgan fingerprint density at radius 1 is 1.40 bits per heavy atom. The molecule has 1 N–H and O–H groups in total. The summed E-state index contributed by atoms with van der Waals surface area (Å²) in [7, 11) is 0. The van der Waals surface area contributed by atoms with Crippen molar-refractivity contribution in [2.24, 2.45) is 5.92 Å². The molecule has 1 atom stereocenters. The minimum atomic E-state index is -0.201. The maximum Gasteiger partial charge on any atom is 0.0685 e. The molecular formula is C8H14OS. The maximum atomic E-state index is 9.74. The summed E-state index contributed by atoms with van der Waals surface area (Å²) in [6.45, 7) is 0. The van der Waals surface area contributed by atoms with Crippen molar-refractivity contribution < 1.29 is 5.11 Å². The lowest BCUT2D eigenvalue weighted by Gasteiger charge is -2.25. The highest BCUT2D eigenvalue weighted by Crippen LogP contribution is 2.46. The largest absolute Gasteiger partial charge is 0.390 e. The SMILES string of the molecule is OC1(C2CCCSC2)CC1. The quantitative estimate of drug-likeness (QED) is 0.626. The third-order valence-corrected chi connectivity index (χ3v) is 3.90. The van der Waals surface area contributed by atoms with Gasteiger partial charge in [-0.25, -0.2) is 0 Å². The second kappa shape index (κ2) is 2.42. The fraction of sp³-hybridized carbons (Fsp3) is 1.00. The molecule has 2 rings (SSSR count). The topological polar surface area (TPSA) is 20.2 Å². The monoisotopic (exact) mass is 158 g/mol. The van der Waals surface area contributed by atoms with Gasteiger partial charge in [0.1, 0.15) is 0 Å². The van der Waals surface area contributed by atoms with E-state index in [1.807, 2.05) is 11.8 Å². The molecule has 1 nitrogen and oxygen atoms in total. The molecule has 2 heteroatoms. The first-order chi connectivity index (χ1) is 4.81. The molecule has 58 valence electrons. The van der Waals surface area contributed by atoms with Crippen LogP contribution >= 0.6 is 11.8 Å². The van der Waals surface area contributed by atoms with Gasteiger partial charge in [-0.2, -0.15) is 11.8 Å². The Hall–Kier alpha value is 0.310.